The summed E-state index contributed by atoms with van der Waals surface area (Å²) in [5.74, 6) is 0. The Hall–Kier alpha value is -0.700. The van der Waals surface area contributed by atoms with E-state index in [0.29, 0.717) is 0 Å². The minimum atomic E-state index is 0.761. The van der Waals surface area contributed by atoms with E-state index in [9.17, 15) is 0 Å². The zero-order valence-corrected chi connectivity index (χ0v) is 13.2. The molecule has 0 heterocycles. The van der Waals surface area contributed by atoms with Gasteiger partial charge in [0.1, 0.15) is 0 Å². The minimum Gasteiger partial charge on any atom is -0.399 e. The largest absolute Gasteiger partial charge is 0.399 e. The molecule has 0 amide bonds. The summed E-state index contributed by atoms with van der Waals surface area (Å²) in [4.78, 5) is 0. The molecule has 0 spiro atoms. The lowest BCUT2D eigenvalue weighted by atomic mass is 10.2. The number of halogens is 2. The van der Waals surface area contributed by atoms with Crippen LogP contribution in [0.4, 0.5) is 22.7 Å². The number of hydrogen-bond donors (Lipinski definition) is 3. The first-order chi connectivity index (χ1) is 8.06. The van der Waals surface area contributed by atoms with E-state index in [1.807, 2.05) is 36.4 Å². The number of nitrogens with one attached hydrogen (secondary N) is 1. The van der Waals surface area contributed by atoms with Gasteiger partial charge in [-0.3, -0.25) is 0 Å². The summed E-state index contributed by atoms with van der Waals surface area (Å²) in [7, 11) is 0. The molecule has 0 unspecified atom stereocenters. The predicted molar refractivity (Wildman–Crippen MR) is 90.4 cm³/mol. The molecular formula is C12H11I2N3. The van der Waals surface area contributed by atoms with Crippen molar-refractivity contribution in [1.82, 2.24) is 0 Å². The molecule has 0 saturated carbocycles. The number of nitrogens with two attached hydrogens (primary N) is 2. The van der Waals surface area contributed by atoms with Crippen molar-refractivity contribution in [3.05, 3.63) is 43.5 Å². The molecule has 2 rings (SSSR count). The van der Waals surface area contributed by atoms with E-state index in [0.717, 1.165) is 29.9 Å². The average Bonchev–Trinajstić information content (AvgIpc) is 2.29. The zero-order chi connectivity index (χ0) is 12.4. The van der Waals surface area contributed by atoms with E-state index in [-0.39, 0.29) is 0 Å². The van der Waals surface area contributed by atoms with Crippen molar-refractivity contribution in [2.45, 2.75) is 0 Å². The number of benzene rings is 2. The topological polar surface area (TPSA) is 64.1 Å². The quantitative estimate of drug-likeness (QED) is 0.481. The maximum Gasteiger partial charge on any atom is 0.0586 e. The number of rotatable bonds is 2. The molecule has 0 bridgehead atoms. The second-order valence-corrected chi connectivity index (χ2v) is 5.92. The molecule has 5 N–H and O–H groups in total. The third-order valence-corrected chi connectivity index (χ3v) is 4.06. The highest BCUT2D eigenvalue weighted by Crippen LogP contribution is 2.28. The summed E-state index contributed by atoms with van der Waals surface area (Å²) >= 11 is 4.47. The number of nitrogen functional groups attached to an aromatic ring is 2. The van der Waals surface area contributed by atoms with Crippen LogP contribution in [0.5, 0.6) is 0 Å². The van der Waals surface area contributed by atoms with Gasteiger partial charge in [-0.25, -0.2) is 0 Å². The van der Waals surface area contributed by atoms with Gasteiger partial charge in [-0.15, -0.1) is 0 Å². The molecule has 0 aliphatic carbocycles. The Kier molecular flexibility index (Phi) is 3.97. The van der Waals surface area contributed by atoms with Crippen molar-refractivity contribution in [1.29, 1.82) is 0 Å². The van der Waals surface area contributed by atoms with Crippen molar-refractivity contribution in [3.8, 4) is 0 Å². The van der Waals surface area contributed by atoms with Gasteiger partial charge in [0.15, 0.2) is 0 Å². The highest BCUT2D eigenvalue weighted by molar-refractivity contribution is 14.1. The first-order valence-corrected chi connectivity index (χ1v) is 7.09. The molecule has 0 fully saturated rings. The third-order valence-electron chi connectivity index (χ3n) is 2.28. The van der Waals surface area contributed by atoms with Crippen molar-refractivity contribution >= 4 is 67.9 Å². The van der Waals surface area contributed by atoms with Crippen LogP contribution in [-0.2, 0) is 0 Å². The van der Waals surface area contributed by atoms with Gasteiger partial charge in [0.05, 0.1) is 5.69 Å². The van der Waals surface area contributed by atoms with E-state index in [2.05, 4.69) is 50.5 Å². The monoisotopic (exact) mass is 451 g/mol. The van der Waals surface area contributed by atoms with Crippen LogP contribution in [0.15, 0.2) is 36.4 Å². The molecule has 88 valence electrons. The fraction of sp³-hybridized carbons (Fsp3) is 0. The lowest BCUT2D eigenvalue weighted by molar-refractivity contribution is 1.51. The Bertz CT molecular complexity index is 515. The van der Waals surface area contributed by atoms with Gasteiger partial charge in [0, 0.05) is 24.2 Å². The molecule has 0 saturated heterocycles. The average molecular weight is 451 g/mol. The first-order valence-electron chi connectivity index (χ1n) is 4.93. The summed E-state index contributed by atoms with van der Waals surface area (Å²) in [5, 5.41) is 3.32. The van der Waals surface area contributed by atoms with E-state index in [1.54, 1.807) is 0 Å². The van der Waals surface area contributed by atoms with Crippen LogP contribution in [-0.4, -0.2) is 0 Å². The highest BCUT2D eigenvalue weighted by Gasteiger charge is 2.04. The molecule has 0 aromatic heterocycles. The van der Waals surface area contributed by atoms with Gasteiger partial charge in [-0.2, -0.15) is 0 Å². The smallest absolute Gasteiger partial charge is 0.0586 e. The zero-order valence-electron chi connectivity index (χ0n) is 8.87. The minimum absolute atomic E-state index is 0.761. The van der Waals surface area contributed by atoms with Crippen LogP contribution in [0.1, 0.15) is 0 Å². The lowest BCUT2D eigenvalue weighted by Crippen LogP contribution is -1.97. The normalized spacial score (nSPS) is 10.2. The van der Waals surface area contributed by atoms with Gasteiger partial charge in [-0.1, -0.05) is 0 Å². The van der Waals surface area contributed by atoms with Crippen molar-refractivity contribution < 1.29 is 0 Å². The second-order valence-electron chi connectivity index (χ2n) is 3.60. The van der Waals surface area contributed by atoms with Crippen LogP contribution in [0, 0.1) is 7.14 Å². The Morgan fingerprint density at radius 2 is 1.35 bits per heavy atom. The lowest BCUT2D eigenvalue weighted by Gasteiger charge is -2.10. The second kappa shape index (κ2) is 5.30. The van der Waals surface area contributed by atoms with Gasteiger partial charge in [-0.05, 0) is 81.6 Å². The predicted octanol–water partition coefficient (Wildman–Crippen LogP) is 3.80. The Labute approximate surface area is 127 Å². The first kappa shape index (κ1) is 12.7. The maximum absolute atomic E-state index is 5.90. The van der Waals surface area contributed by atoms with Crippen LogP contribution in [0.3, 0.4) is 0 Å². The summed E-state index contributed by atoms with van der Waals surface area (Å²) in [6.07, 6.45) is 0. The molecule has 17 heavy (non-hydrogen) atoms. The van der Waals surface area contributed by atoms with E-state index in [4.69, 9.17) is 11.5 Å². The van der Waals surface area contributed by atoms with Crippen LogP contribution in [0.2, 0.25) is 0 Å². The fourth-order valence-electron chi connectivity index (χ4n) is 1.39. The van der Waals surface area contributed by atoms with Gasteiger partial charge >= 0.3 is 0 Å². The van der Waals surface area contributed by atoms with Crippen molar-refractivity contribution in [2.75, 3.05) is 16.8 Å². The Morgan fingerprint density at radius 3 is 1.88 bits per heavy atom. The van der Waals surface area contributed by atoms with Crippen LogP contribution >= 0.6 is 45.2 Å². The fourth-order valence-corrected chi connectivity index (χ4v) is 3.16. The summed E-state index contributed by atoms with van der Waals surface area (Å²) < 4.78 is 2.10. The molecule has 2 aromatic carbocycles. The Morgan fingerprint density at radius 1 is 0.824 bits per heavy atom. The molecule has 5 heteroatoms. The summed E-state index contributed by atoms with van der Waals surface area (Å²) in [6, 6.07) is 11.7. The molecule has 0 aliphatic rings. The van der Waals surface area contributed by atoms with Crippen LogP contribution < -0.4 is 16.8 Å². The van der Waals surface area contributed by atoms with E-state index in [1.165, 1.54) is 0 Å². The molecule has 0 atom stereocenters. The highest BCUT2D eigenvalue weighted by atomic mass is 127. The standard InChI is InChI=1S/C12H11I2N3/c13-10-5-9(6-11(14)12(10)16)17-8-3-1-7(15)2-4-8/h1-6,17H,15-16H2. The molecule has 2 aromatic rings. The number of anilines is 4. The van der Waals surface area contributed by atoms with Gasteiger partial charge < -0.3 is 16.8 Å². The molecule has 0 aliphatic heterocycles. The summed E-state index contributed by atoms with van der Waals surface area (Å²) in [5.41, 5.74) is 15.2. The molecule has 3 nitrogen and oxygen atoms in total. The third kappa shape index (κ3) is 3.15. The molecule has 0 radical (unpaired) electrons. The van der Waals surface area contributed by atoms with Crippen LogP contribution in [0.25, 0.3) is 0 Å². The number of hydrogen-bond acceptors (Lipinski definition) is 3. The van der Waals surface area contributed by atoms with Gasteiger partial charge in [0.2, 0.25) is 0 Å². The summed E-state index contributed by atoms with van der Waals surface area (Å²) in [6.45, 7) is 0. The SMILES string of the molecule is Nc1ccc(Nc2cc(I)c(N)c(I)c2)cc1. The Balaban J connectivity index is 2.27. The van der Waals surface area contributed by atoms with Gasteiger partial charge in [0.25, 0.3) is 0 Å². The van der Waals surface area contributed by atoms with Crippen molar-refractivity contribution in [2.24, 2.45) is 0 Å². The van der Waals surface area contributed by atoms with Crippen molar-refractivity contribution in [3.63, 3.8) is 0 Å². The maximum atomic E-state index is 5.90. The van der Waals surface area contributed by atoms with E-state index >= 15 is 0 Å². The molecular weight excluding hydrogens is 440 g/mol. The van der Waals surface area contributed by atoms with E-state index < -0.39 is 0 Å².